The fourth-order valence-corrected chi connectivity index (χ4v) is 7.36. The number of benzene rings is 7. The lowest BCUT2D eigenvalue weighted by Gasteiger charge is -2.43. The molecule has 3 nitrogen and oxygen atoms in total. The number of fused-ring (bicyclic) bond motifs is 2. The molecule has 0 aromatic heterocycles. The van der Waals surface area contributed by atoms with Crippen LogP contribution in [0.4, 0.5) is 17.1 Å². The standard InChI is InChI=1S/C38H22BNO2/c1-3-13-26-23(9-1)11-5-15-27(26)25-21-34-38-35(22-25)42-33-20-8-18-31-37(33)39(38)36-30(17-7-19-32(36)41-34)40(31)29-16-6-12-24-10-2-4-14-28(24)29/h1-22H. The maximum absolute atomic E-state index is 6.79. The second kappa shape index (κ2) is 8.05. The van der Waals surface area contributed by atoms with E-state index in [1.807, 2.05) is 0 Å². The topological polar surface area (TPSA) is 21.7 Å². The van der Waals surface area contributed by atoms with Crippen LogP contribution >= 0.6 is 0 Å². The first-order valence-electron chi connectivity index (χ1n) is 14.4. The van der Waals surface area contributed by atoms with Gasteiger partial charge in [-0.3, -0.25) is 0 Å². The van der Waals surface area contributed by atoms with Gasteiger partial charge in [0.25, 0.3) is 6.71 Å². The summed E-state index contributed by atoms with van der Waals surface area (Å²) in [6.45, 7) is 0.0303. The van der Waals surface area contributed by atoms with E-state index in [1.165, 1.54) is 38.0 Å². The molecule has 4 heteroatoms. The Kier molecular flexibility index (Phi) is 4.26. The quantitative estimate of drug-likeness (QED) is 0.209. The molecular formula is C38H22BNO2. The van der Waals surface area contributed by atoms with Crippen molar-refractivity contribution in [2.45, 2.75) is 0 Å². The molecule has 0 bridgehead atoms. The summed E-state index contributed by atoms with van der Waals surface area (Å²) in [4.78, 5) is 2.39. The van der Waals surface area contributed by atoms with Crippen molar-refractivity contribution in [2.75, 3.05) is 4.90 Å². The Morgan fingerprint density at radius 1 is 0.429 bits per heavy atom. The maximum Gasteiger partial charge on any atom is 0.266 e. The van der Waals surface area contributed by atoms with Crippen LogP contribution in [0.5, 0.6) is 23.0 Å². The highest BCUT2D eigenvalue weighted by Gasteiger charge is 2.47. The van der Waals surface area contributed by atoms with E-state index in [9.17, 15) is 0 Å². The van der Waals surface area contributed by atoms with Gasteiger partial charge in [0.15, 0.2) is 0 Å². The Morgan fingerprint density at radius 2 is 0.952 bits per heavy atom. The molecule has 0 amide bonds. The van der Waals surface area contributed by atoms with E-state index in [0.29, 0.717) is 0 Å². The first kappa shape index (κ1) is 22.2. The van der Waals surface area contributed by atoms with Gasteiger partial charge in [0.2, 0.25) is 0 Å². The molecule has 7 aromatic carbocycles. The predicted molar refractivity (Wildman–Crippen MR) is 173 cm³/mol. The maximum atomic E-state index is 6.79. The average molecular weight is 535 g/mol. The summed E-state index contributed by atoms with van der Waals surface area (Å²) < 4.78 is 13.6. The molecule has 42 heavy (non-hydrogen) atoms. The van der Waals surface area contributed by atoms with Crippen LogP contribution in [-0.2, 0) is 0 Å². The van der Waals surface area contributed by atoms with Gasteiger partial charge in [-0.2, -0.15) is 0 Å². The molecule has 0 spiro atoms. The molecule has 3 aliphatic rings. The lowest BCUT2D eigenvalue weighted by Crippen LogP contribution is -2.61. The highest BCUT2D eigenvalue weighted by atomic mass is 16.5. The summed E-state index contributed by atoms with van der Waals surface area (Å²) in [6.07, 6.45) is 0. The van der Waals surface area contributed by atoms with Crippen LogP contribution in [0.15, 0.2) is 133 Å². The van der Waals surface area contributed by atoms with Crippen molar-refractivity contribution < 1.29 is 9.47 Å². The molecule has 0 radical (unpaired) electrons. The van der Waals surface area contributed by atoms with E-state index in [1.54, 1.807) is 0 Å². The molecule has 3 aliphatic heterocycles. The second-order valence-electron chi connectivity index (χ2n) is 11.3. The smallest absolute Gasteiger partial charge is 0.266 e. The molecule has 0 aliphatic carbocycles. The normalized spacial score (nSPS) is 13.5. The van der Waals surface area contributed by atoms with Crippen LogP contribution in [0.2, 0.25) is 0 Å². The molecule has 7 aromatic rings. The summed E-state index contributed by atoms with van der Waals surface area (Å²) in [5.74, 6) is 3.53. The van der Waals surface area contributed by atoms with Crippen LogP contribution in [0.1, 0.15) is 0 Å². The van der Waals surface area contributed by atoms with Crippen LogP contribution < -0.4 is 30.8 Å². The Bertz CT molecular complexity index is 2200. The fraction of sp³-hybridized carbons (Fsp3) is 0. The first-order chi connectivity index (χ1) is 20.8. The fourth-order valence-electron chi connectivity index (χ4n) is 7.36. The largest absolute Gasteiger partial charge is 0.458 e. The summed E-state index contributed by atoms with van der Waals surface area (Å²) in [6, 6.07) is 47.4. The van der Waals surface area contributed by atoms with E-state index in [0.717, 1.165) is 51.1 Å². The molecule has 0 fully saturated rings. The van der Waals surface area contributed by atoms with Crippen LogP contribution in [0.3, 0.4) is 0 Å². The Hall–Kier alpha value is -5.48. The van der Waals surface area contributed by atoms with Crippen molar-refractivity contribution in [3.05, 3.63) is 133 Å². The van der Waals surface area contributed by atoms with Gasteiger partial charge in [-0.1, -0.05) is 91.0 Å². The van der Waals surface area contributed by atoms with Gasteiger partial charge in [-0.25, -0.2) is 0 Å². The molecule has 0 saturated carbocycles. The summed E-state index contributed by atoms with van der Waals surface area (Å²) in [5, 5.41) is 4.86. The van der Waals surface area contributed by atoms with Gasteiger partial charge >= 0.3 is 0 Å². The highest BCUT2D eigenvalue weighted by molar-refractivity contribution is 7.00. The van der Waals surface area contributed by atoms with Gasteiger partial charge in [0.05, 0.1) is 5.69 Å². The monoisotopic (exact) mass is 535 g/mol. The zero-order chi connectivity index (χ0) is 27.4. The average Bonchev–Trinajstić information content (AvgIpc) is 3.04. The van der Waals surface area contributed by atoms with Crippen molar-refractivity contribution in [1.82, 2.24) is 0 Å². The lowest BCUT2D eigenvalue weighted by molar-refractivity contribution is 0.464. The highest BCUT2D eigenvalue weighted by Crippen LogP contribution is 2.47. The van der Waals surface area contributed by atoms with Crippen LogP contribution in [-0.4, -0.2) is 6.71 Å². The third-order valence-corrected chi connectivity index (χ3v) is 9.09. The second-order valence-corrected chi connectivity index (χ2v) is 11.3. The van der Waals surface area contributed by atoms with Crippen molar-refractivity contribution >= 4 is 61.7 Å². The molecular weight excluding hydrogens is 513 g/mol. The summed E-state index contributed by atoms with van der Waals surface area (Å²) in [5.41, 5.74) is 9.20. The lowest BCUT2D eigenvalue weighted by atomic mass is 9.33. The van der Waals surface area contributed by atoms with E-state index < -0.39 is 0 Å². The minimum atomic E-state index is 0.0303. The van der Waals surface area contributed by atoms with E-state index in [-0.39, 0.29) is 6.71 Å². The van der Waals surface area contributed by atoms with E-state index in [2.05, 4.69) is 138 Å². The molecule has 0 atom stereocenters. The molecule has 194 valence electrons. The third-order valence-electron chi connectivity index (χ3n) is 9.09. The Morgan fingerprint density at radius 3 is 1.64 bits per heavy atom. The van der Waals surface area contributed by atoms with Crippen molar-refractivity contribution in [3.8, 4) is 34.1 Å². The summed E-state index contributed by atoms with van der Waals surface area (Å²) in [7, 11) is 0. The van der Waals surface area contributed by atoms with Gasteiger partial charge in [0, 0.05) is 22.2 Å². The van der Waals surface area contributed by atoms with Crippen molar-refractivity contribution in [3.63, 3.8) is 0 Å². The number of hydrogen-bond acceptors (Lipinski definition) is 3. The van der Waals surface area contributed by atoms with Gasteiger partial charge in [-0.05, 0) is 80.7 Å². The molecule has 0 saturated heterocycles. The van der Waals surface area contributed by atoms with Gasteiger partial charge < -0.3 is 14.4 Å². The summed E-state index contributed by atoms with van der Waals surface area (Å²) >= 11 is 0. The molecule has 3 heterocycles. The van der Waals surface area contributed by atoms with Gasteiger partial charge in [-0.15, -0.1) is 0 Å². The molecule has 0 unspecified atom stereocenters. The number of anilines is 3. The number of ether oxygens (including phenoxy) is 2. The Balaban J connectivity index is 1.24. The number of nitrogens with zero attached hydrogens (tertiary/aromatic N) is 1. The number of rotatable bonds is 2. The van der Waals surface area contributed by atoms with E-state index >= 15 is 0 Å². The molecule has 10 rings (SSSR count). The minimum absolute atomic E-state index is 0.0303. The van der Waals surface area contributed by atoms with Crippen molar-refractivity contribution in [1.29, 1.82) is 0 Å². The molecule has 0 N–H and O–H groups in total. The van der Waals surface area contributed by atoms with Gasteiger partial charge in [0.1, 0.15) is 23.0 Å². The third kappa shape index (κ3) is 2.86. The SMILES string of the molecule is c1cc2c3c(c1)N(c1cccc4ccccc14)c1cccc4c1B3c1c(cc(-c3cccc5ccccc35)cc1O4)O2. The number of hydrogen-bond donors (Lipinski definition) is 0. The predicted octanol–water partition coefficient (Wildman–Crippen LogP) is 8.17. The zero-order valence-electron chi connectivity index (χ0n) is 22.5. The Labute approximate surface area is 243 Å². The van der Waals surface area contributed by atoms with Crippen LogP contribution in [0, 0.1) is 0 Å². The first-order valence-corrected chi connectivity index (χ1v) is 14.4. The van der Waals surface area contributed by atoms with E-state index in [4.69, 9.17) is 9.47 Å². The van der Waals surface area contributed by atoms with Crippen LogP contribution in [0.25, 0.3) is 32.7 Å². The zero-order valence-corrected chi connectivity index (χ0v) is 22.5. The van der Waals surface area contributed by atoms with Crippen molar-refractivity contribution in [2.24, 2.45) is 0 Å². The minimum Gasteiger partial charge on any atom is -0.458 e.